The molecule has 1 fully saturated rings. The van der Waals surface area contributed by atoms with Gasteiger partial charge in [0.1, 0.15) is 0 Å². The molecule has 1 unspecified atom stereocenters. The third kappa shape index (κ3) is 2.11. The number of nitrogens with one attached hydrogen (secondary N) is 1. The first-order valence-corrected chi connectivity index (χ1v) is 6.51. The predicted octanol–water partition coefficient (Wildman–Crippen LogP) is 2.12. The van der Waals surface area contributed by atoms with Crippen LogP contribution in [0.25, 0.3) is 10.9 Å². The van der Waals surface area contributed by atoms with Crippen molar-refractivity contribution in [2.45, 2.75) is 13.0 Å². The lowest BCUT2D eigenvalue weighted by Crippen LogP contribution is -2.43. The number of aromatic nitrogens is 1. The Kier molecular flexibility index (Phi) is 3.02. The number of benzene rings is 1. The predicted molar refractivity (Wildman–Crippen MR) is 74.7 cm³/mol. The molecule has 1 saturated heterocycles. The number of hydrogen-bond acceptors (Lipinski definition) is 3. The number of aryl methyl sites for hydroxylation is 1. The molecule has 3 heteroatoms. The molecular formula is C15H19N3. The van der Waals surface area contributed by atoms with Gasteiger partial charge in [-0.2, -0.15) is 0 Å². The summed E-state index contributed by atoms with van der Waals surface area (Å²) in [5.41, 5.74) is 3.75. The van der Waals surface area contributed by atoms with Crippen LogP contribution in [-0.4, -0.2) is 36.6 Å². The summed E-state index contributed by atoms with van der Waals surface area (Å²) in [7, 11) is 2.18. The summed E-state index contributed by atoms with van der Waals surface area (Å²) in [5.74, 6) is 0. The van der Waals surface area contributed by atoms with E-state index in [-0.39, 0.29) is 0 Å². The lowest BCUT2D eigenvalue weighted by atomic mass is 9.99. The van der Waals surface area contributed by atoms with Crippen LogP contribution in [0.15, 0.2) is 30.5 Å². The van der Waals surface area contributed by atoms with E-state index in [0.717, 1.165) is 25.2 Å². The zero-order chi connectivity index (χ0) is 12.5. The number of hydrogen-bond donors (Lipinski definition) is 1. The van der Waals surface area contributed by atoms with E-state index in [2.05, 4.69) is 53.4 Å². The Balaban J connectivity index is 2.07. The third-order valence-corrected chi connectivity index (χ3v) is 3.68. The summed E-state index contributed by atoms with van der Waals surface area (Å²) in [4.78, 5) is 6.83. The highest BCUT2D eigenvalue weighted by Gasteiger charge is 2.19. The van der Waals surface area contributed by atoms with Crippen molar-refractivity contribution in [2.75, 3.05) is 26.7 Å². The highest BCUT2D eigenvalue weighted by Crippen LogP contribution is 2.25. The Morgan fingerprint density at radius 2 is 2.22 bits per heavy atom. The minimum Gasteiger partial charge on any atom is -0.308 e. The molecule has 0 spiro atoms. The van der Waals surface area contributed by atoms with Gasteiger partial charge >= 0.3 is 0 Å². The van der Waals surface area contributed by atoms with Gasteiger partial charge in [-0.25, -0.2) is 0 Å². The van der Waals surface area contributed by atoms with Crippen molar-refractivity contribution in [3.8, 4) is 0 Å². The lowest BCUT2D eigenvalue weighted by molar-refractivity contribution is 0.241. The van der Waals surface area contributed by atoms with Crippen LogP contribution in [0.4, 0.5) is 0 Å². The first kappa shape index (κ1) is 11.6. The van der Waals surface area contributed by atoms with Crippen LogP contribution < -0.4 is 5.32 Å². The maximum atomic E-state index is 4.46. The average Bonchev–Trinajstić information content (AvgIpc) is 2.38. The molecule has 2 heterocycles. The Hall–Kier alpha value is -1.45. The van der Waals surface area contributed by atoms with E-state index in [4.69, 9.17) is 0 Å². The van der Waals surface area contributed by atoms with Crippen LogP contribution in [0.5, 0.6) is 0 Å². The van der Waals surface area contributed by atoms with Gasteiger partial charge < -0.3 is 10.2 Å². The molecule has 0 saturated carbocycles. The minimum atomic E-state index is 0.413. The molecule has 94 valence electrons. The fraction of sp³-hybridized carbons (Fsp3) is 0.400. The zero-order valence-electron chi connectivity index (χ0n) is 11.0. The molecule has 3 rings (SSSR count). The van der Waals surface area contributed by atoms with Crippen LogP contribution in [0, 0.1) is 6.92 Å². The van der Waals surface area contributed by atoms with E-state index in [9.17, 15) is 0 Å². The maximum Gasteiger partial charge on any atom is 0.0705 e. The smallest absolute Gasteiger partial charge is 0.0705 e. The lowest BCUT2D eigenvalue weighted by Gasteiger charge is -2.31. The van der Waals surface area contributed by atoms with Crippen LogP contribution in [0.1, 0.15) is 17.2 Å². The van der Waals surface area contributed by atoms with Gasteiger partial charge in [0.15, 0.2) is 0 Å². The van der Waals surface area contributed by atoms with E-state index >= 15 is 0 Å². The van der Waals surface area contributed by atoms with Crippen molar-refractivity contribution in [1.29, 1.82) is 0 Å². The molecule has 18 heavy (non-hydrogen) atoms. The van der Waals surface area contributed by atoms with Crippen LogP contribution in [-0.2, 0) is 0 Å². The standard InChI is InChI=1S/C15H19N3/c1-11-3-4-14-13(9-11)12(5-6-16-14)15-10-18(2)8-7-17-15/h3-6,9,15,17H,7-8,10H2,1-2H3. The van der Waals surface area contributed by atoms with Crippen LogP contribution >= 0.6 is 0 Å². The molecule has 1 aliphatic heterocycles. The van der Waals surface area contributed by atoms with Crippen LogP contribution in [0.2, 0.25) is 0 Å². The molecule has 1 atom stereocenters. The highest BCUT2D eigenvalue weighted by atomic mass is 15.2. The molecule has 0 bridgehead atoms. The topological polar surface area (TPSA) is 28.2 Å². The fourth-order valence-corrected chi connectivity index (χ4v) is 2.69. The zero-order valence-corrected chi connectivity index (χ0v) is 11.0. The number of piperazine rings is 1. The monoisotopic (exact) mass is 241 g/mol. The molecule has 0 radical (unpaired) electrons. The number of nitrogens with zero attached hydrogens (tertiary/aromatic N) is 2. The molecule has 1 aliphatic rings. The molecular weight excluding hydrogens is 222 g/mol. The summed E-state index contributed by atoms with van der Waals surface area (Å²) in [6.45, 7) is 5.37. The van der Waals surface area contributed by atoms with E-state index in [0.29, 0.717) is 6.04 Å². The van der Waals surface area contributed by atoms with Crippen molar-refractivity contribution in [2.24, 2.45) is 0 Å². The summed E-state index contributed by atoms with van der Waals surface area (Å²) in [6.07, 6.45) is 1.92. The Labute approximate surface area is 108 Å². The Morgan fingerprint density at radius 1 is 1.33 bits per heavy atom. The number of likely N-dealkylation sites (N-methyl/N-ethyl adjacent to an activating group) is 1. The van der Waals surface area contributed by atoms with Gasteiger partial charge in [0, 0.05) is 37.3 Å². The molecule has 3 nitrogen and oxygen atoms in total. The van der Waals surface area contributed by atoms with Gasteiger partial charge in [-0.05, 0) is 37.7 Å². The van der Waals surface area contributed by atoms with Crippen molar-refractivity contribution in [3.63, 3.8) is 0 Å². The second-order valence-electron chi connectivity index (χ2n) is 5.19. The Morgan fingerprint density at radius 3 is 3.06 bits per heavy atom. The molecule has 2 aromatic rings. The molecule has 1 N–H and O–H groups in total. The largest absolute Gasteiger partial charge is 0.308 e. The Bertz CT molecular complexity index is 565. The summed E-state index contributed by atoms with van der Waals surface area (Å²) >= 11 is 0. The fourth-order valence-electron chi connectivity index (χ4n) is 2.69. The quantitative estimate of drug-likeness (QED) is 0.829. The number of fused-ring (bicyclic) bond motifs is 1. The SMILES string of the molecule is Cc1ccc2nccc(C3CN(C)CCN3)c2c1. The van der Waals surface area contributed by atoms with E-state index in [1.165, 1.54) is 16.5 Å². The molecule has 0 aliphatic carbocycles. The van der Waals surface area contributed by atoms with Gasteiger partial charge in [-0.3, -0.25) is 4.98 Å². The van der Waals surface area contributed by atoms with Crippen molar-refractivity contribution in [1.82, 2.24) is 15.2 Å². The van der Waals surface area contributed by atoms with Gasteiger partial charge in [0.05, 0.1) is 5.52 Å². The van der Waals surface area contributed by atoms with E-state index in [1.54, 1.807) is 0 Å². The third-order valence-electron chi connectivity index (χ3n) is 3.68. The van der Waals surface area contributed by atoms with Crippen LogP contribution in [0.3, 0.4) is 0 Å². The first-order valence-electron chi connectivity index (χ1n) is 6.51. The summed E-state index contributed by atoms with van der Waals surface area (Å²) < 4.78 is 0. The van der Waals surface area contributed by atoms with Crippen molar-refractivity contribution < 1.29 is 0 Å². The van der Waals surface area contributed by atoms with Crippen molar-refractivity contribution >= 4 is 10.9 Å². The second-order valence-corrected chi connectivity index (χ2v) is 5.19. The van der Waals surface area contributed by atoms with Gasteiger partial charge in [0.25, 0.3) is 0 Å². The van der Waals surface area contributed by atoms with Crippen molar-refractivity contribution in [3.05, 3.63) is 41.6 Å². The summed E-state index contributed by atoms with van der Waals surface area (Å²) in [6, 6.07) is 9.04. The minimum absolute atomic E-state index is 0.413. The van der Waals surface area contributed by atoms with E-state index in [1.807, 2.05) is 6.20 Å². The highest BCUT2D eigenvalue weighted by molar-refractivity contribution is 5.83. The number of rotatable bonds is 1. The normalized spacial score (nSPS) is 21.3. The van der Waals surface area contributed by atoms with Gasteiger partial charge in [-0.15, -0.1) is 0 Å². The molecule has 0 amide bonds. The molecule has 1 aromatic carbocycles. The summed E-state index contributed by atoms with van der Waals surface area (Å²) in [5, 5.41) is 4.89. The second kappa shape index (κ2) is 4.67. The number of pyridine rings is 1. The average molecular weight is 241 g/mol. The van der Waals surface area contributed by atoms with Gasteiger partial charge in [0.2, 0.25) is 0 Å². The van der Waals surface area contributed by atoms with Gasteiger partial charge in [-0.1, -0.05) is 11.6 Å². The maximum absolute atomic E-state index is 4.46. The van der Waals surface area contributed by atoms with E-state index < -0.39 is 0 Å². The molecule has 1 aromatic heterocycles. The first-order chi connectivity index (χ1) is 8.74.